The van der Waals surface area contributed by atoms with Crippen molar-refractivity contribution in [2.45, 2.75) is 58.9 Å². The van der Waals surface area contributed by atoms with Crippen LogP contribution in [0.4, 0.5) is 5.69 Å². The summed E-state index contributed by atoms with van der Waals surface area (Å²) < 4.78 is 33.2. The Hall–Kier alpha value is -3.26. The molecule has 2 aromatic heterocycles. The molecule has 0 saturated heterocycles. The highest BCUT2D eigenvalue weighted by molar-refractivity contribution is 7.85. The highest BCUT2D eigenvalue weighted by Crippen LogP contribution is 2.24. The largest absolute Gasteiger partial charge is 0.372 e. The number of nitrogens with zero attached hydrogens (tertiary/aromatic N) is 2. The molecule has 4 rings (SSSR count). The number of unbranched alkanes of at least 4 members (excludes halogenated alkanes) is 3. The minimum Gasteiger partial charge on any atom is -0.372 e. The van der Waals surface area contributed by atoms with Gasteiger partial charge >= 0.3 is 0 Å². The predicted molar refractivity (Wildman–Crippen MR) is 180 cm³/mol. The molecule has 1 N–H and O–H groups in total. The maximum Gasteiger partial charge on any atom is 0.264 e. The van der Waals surface area contributed by atoms with Crippen LogP contribution in [0.25, 0.3) is 35.2 Å². The fourth-order valence-electron chi connectivity index (χ4n) is 4.98. The van der Waals surface area contributed by atoms with E-state index < -0.39 is 10.1 Å². The second kappa shape index (κ2) is 15.8. The molecule has 0 radical (unpaired) electrons. The van der Waals surface area contributed by atoms with E-state index in [0.717, 1.165) is 29.6 Å². The molecule has 0 fully saturated rings. The molecule has 0 bridgehead atoms. The third-order valence-electron chi connectivity index (χ3n) is 7.35. The van der Waals surface area contributed by atoms with Crippen LogP contribution in [-0.2, 0) is 16.7 Å². The van der Waals surface area contributed by atoms with Crippen molar-refractivity contribution in [2.75, 3.05) is 23.7 Å². The van der Waals surface area contributed by atoms with Gasteiger partial charge in [-0.25, -0.2) is 0 Å². The van der Waals surface area contributed by atoms with E-state index in [1.54, 1.807) is 11.3 Å². The molecule has 0 amide bonds. The first-order valence-electron chi connectivity index (χ1n) is 15.0. The Bertz CT molecular complexity index is 1580. The van der Waals surface area contributed by atoms with Crippen LogP contribution in [-0.4, -0.2) is 31.8 Å². The van der Waals surface area contributed by atoms with Crippen molar-refractivity contribution in [1.29, 1.82) is 0 Å². The van der Waals surface area contributed by atoms with Crippen molar-refractivity contribution in [3.8, 4) is 0 Å². The zero-order valence-electron chi connectivity index (χ0n) is 24.8. The second-order valence-electron chi connectivity index (χ2n) is 10.7. The van der Waals surface area contributed by atoms with Crippen molar-refractivity contribution in [3.63, 3.8) is 0 Å². The quantitative estimate of drug-likeness (QED) is 0.0791. The molecule has 0 saturated carbocycles. The van der Waals surface area contributed by atoms with E-state index in [1.807, 2.05) is 12.1 Å². The molecule has 5 nitrogen and oxygen atoms in total. The summed E-state index contributed by atoms with van der Waals surface area (Å²) in [6.07, 6.45) is 16.7. The summed E-state index contributed by atoms with van der Waals surface area (Å²) in [6, 6.07) is 23.6. The van der Waals surface area contributed by atoms with E-state index in [0.29, 0.717) is 19.4 Å². The Balaban J connectivity index is 1.40. The number of pyridine rings is 1. The van der Waals surface area contributed by atoms with Crippen molar-refractivity contribution in [1.82, 2.24) is 0 Å². The van der Waals surface area contributed by atoms with Crippen LogP contribution >= 0.6 is 11.3 Å². The summed E-state index contributed by atoms with van der Waals surface area (Å²) >= 11 is 1.77. The van der Waals surface area contributed by atoms with Crippen molar-refractivity contribution < 1.29 is 17.5 Å². The lowest BCUT2D eigenvalue weighted by molar-refractivity contribution is -0.671. The molecule has 0 aliphatic heterocycles. The lowest BCUT2D eigenvalue weighted by Crippen LogP contribution is -2.34. The summed E-state index contributed by atoms with van der Waals surface area (Å²) in [7, 11) is -3.91. The van der Waals surface area contributed by atoms with Crippen LogP contribution in [0.5, 0.6) is 0 Å². The van der Waals surface area contributed by atoms with Crippen LogP contribution in [0.3, 0.4) is 0 Å². The third kappa shape index (κ3) is 9.65. The van der Waals surface area contributed by atoms with Gasteiger partial charge in [0.25, 0.3) is 10.1 Å². The van der Waals surface area contributed by atoms with E-state index in [9.17, 15) is 8.42 Å². The molecular weight excluding hydrogens is 561 g/mol. The summed E-state index contributed by atoms with van der Waals surface area (Å²) in [5.41, 5.74) is 4.76. The number of fused-ring (bicyclic) bond motifs is 1. The number of benzene rings is 2. The third-order valence-corrected chi connectivity index (χ3v) is 9.17. The van der Waals surface area contributed by atoms with E-state index in [1.165, 1.54) is 46.7 Å². The van der Waals surface area contributed by atoms with E-state index in [2.05, 4.69) is 108 Å². The SMILES string of the molecule is CCCCN(CCCC)c1ccc(/C=C/c2ccc(/C=C/c3cc[n+](CCCCS(=O)(=O)O)c4ccccc34)s2)cc1. The number of hydrogen-bond donors (Lipinski definition) is 1. The van der Waals surface area contributed by atoms with Crippen molar-refractivity contribution in [3.05, 3.63) is 93.8 Å². The number of para-hydroxylation sites is 1. The summed E-state index contributed by atoms with van der Waals surface area (Å²) in [4.78, 5) is 4.92. The molecule has 0 aliphatic carbocycles. The van der Waals surface area contributed by atoms with Gasteiger partial charge in [0.1, 0.15) is 6.54 Å². The highest BCUT2D eigenvalue weighted by Gasteiger charge is 2.12. The molecule has 0 aliphatic rings. The lowest BCUT2D eigenvalue weighted by atomic mass is 10.1. The normalized spacial score (nSPS) is 12.2. The van der Waals surface area contributed by atoms with E-state index >= 15 is 0 Å². The molecule has 0 atom stereocenters. The van der Waals surface area contributed by atoms with Gasteiger partial charge in [-0.15, -0.1) is 11.3 Å². The second-order valence-corrected chi connectivity index (χ2v) is 13.4. The summed E-state index contributed by atoms with van der Waals surface area (Å²) in [5, 5.41) is 1.15. The maximum atomic E-state index is 11.0. The van der Waals surface area contributed by atoms with Gasteiger partial charge in [-0.05, 0) is 72.9 Å². The Labute approximate surface area is 255 Å². The van der Waals surface area contributed by atoms with Gasteiger partial charge < -0.3 is 4.90 Å². The Morgan fingerprint density at radius 1 is 0.786 bits per heavy atom. The number of aromatic nitrogens is 1. The summed E-state index contributed by atoms with van der Waals surface area (Å²) in [5.74, 6) is -0.201. The Kier molecular flexibility index (Phi) is 11.9. The minimum atomic E-state index is -3.91. The molecule has 42 heavy (non-hydrogen) atoms. The first-order valence-corrected chi connectivity index (χ1v) is 17.5. The van der Waals surface area contributed by atoms with Gasteiger partial charge in [0.2, 0.25) is 5.52 Å². The average molecular weight is 604 g/mol. The molecule has 0 unspecified atom stereocenters. The van der Waals surface area contributed by atoms with Gasteiger partial charge in [0.05, 0.1) is 11.1 Å². The average Bonchev–Trinajstić information content (AvgIpc) is 3.45. The minimum absolute atomic E-state index is 0.201. The van der Waals surface area contributed by atoms with Gasteiger partial charge in [-0.1, -0.05) is 63.1 Å². The monoisotopic (exact) mass is 603 g/mol. The molecule has 2 heterocycles. The maximum absolute atomic E-state index is 11.0. The molecular formula is C35H43N2O3S2+. The summed E-state index contributed by atoms with van der Waals surface area (Å²) in [6.45, 7) is 7.44. The molecule has 2 aromatic carbocycles. The van der Waals surface area contributed by atoms with Gasteiger partial charge in [-0.3, -0.25) is 4.55 Å². The van der Waals surface area contributed by atoms with Crippen LogP contribution in [0.1, 0.15) is 73.3 Å². The van der Waals surface area contributed by atoms with Gasteiger partial charge in [-0.2, -0.15) is 13.0 Å². The first-order chi connectivity index (χ1) is 20.4. The number of thiophene rings is 1. The number of hydrogen-bond acceptors (Lipinski definition) is 4. The molecule has 222 valence electrons. The lowest BCUT2D eigenvalue weighted by Gasteiger charge is -2.24. The van der Waals surface area contributed by atoms with E-state index in [4.69, 9.17) is 4.55 Å². The van der Waals surface area contributed by atoms with Gasteiger partial charge in [0.15, 0.2) is 6.20 Å². The molecule has 0 spiro atoms. The Morgan fingerprint density at radius 2 is 1.45 bits per heavy atom. The molecule has 7 heteroatoms. The van der Waals surface area contributed by atoms with Crippen LogP contribution in [0.2, 0.25) is 0 Å². The fourth-order valence-corrected chi connectivity index (χ4v) is 6.36. The number of aryl methyl sites for hydroxylation is 1. The fraction of sp³-hybridized carbons (Fsp3) is 0.343. The first kappa shape index (κ1) is 31.7. The van der Waals surface area contributed by atoms with Crippen LogP contribution in [0, 0.1) is 0 Å². The van der Waals surface area contributed by atoms with Crippen molar-refractivity contribution >= 4 is 62.3 Å². The smallest absolute Gasteiger partial charge is 0.264 e. The number of anilines is 1. The van der Waals surface area contributed by atoms with Crippen LogP contribution < -0.4 is 9.47 Å². The van der Waals surface area contributed by atoms with E-state index in [-0.39, 0.29) is 5.75 Å². The number of rotatable bonds is 16. The molecule has 4 aromatic rings. The van der Waals surface area contributed by atoms with Gasteiger partial charge in [0, 0.05) is 47.1 Å². The zero-order chi connectivity index (χ0) is 29.8. The zero-order valence-corrected chi connectivity index (χ0v) is 26.4. The predicted octanol–water partition coefficient (Wildman–Crippen LogP) is 8.60. The van der Waals surface area contributed by atoms with Crippen molar-refractivity contribution in [2.24, 2.45) is 0 Å². The Morgan fingerprint density at radius 3 is 2.12 bits per heavy atom. The topological polar surface area (TPSA) is 61.5 Å². The standard InChI is InChI=1S/C35H42N2O3S2/c1-3-5-24-36(25-6-4-2)31-17-13-29(14-18-31)15-19-32-21-22-33(41-32)20-16-30-23-27-37(26-9-10-28-42(38,39)40)35-12-8-7-11-34(30)35/h7-8,11-23,27H,3-6,9-10,24-26,28H2,1-2H3/p+1. The highest BCUT2D eigenvalue weighted by atomic mass is 32.2. The van der Waals surface area contributed by atoms with Crippen LogP contribution in [0.15, 0.2) is 72.9 Å².